The zero-order valence-electron chi connectivity index (χ0n) is 14.4. The molecule has 2 aromatic carbocycles. The fraction of sp³-hybridized carbons (Fsp3) is 0.300. The fourth-order valence-electron chi connectivity index (χ4n) is 3.00. The Morgan fingerprint density at radius 1 is 1.08 bits per heavy atom. The molecule has 4 nitrogen and oxygen atoms in total. The summed E-state index contributed by atoms with van der Waals surface area (Å²) in [6.07, 6.45) is 0.574. The van der Waals surface area contributed by atoms with Crippen LogP contribution in [0, 0.1) is 11.8 Å². The molecule has 1 saturated carbocycles. The highest BCUT2D eigenvalue weighted by atomic mass is 35.5. The van der Waals surface area contributed by atoms with Crippen LogP contribution in [0.1, 0.15) is 18.9 Å². The molecule has 0 saturated heterocycles. The molecule has 1 N–H and O–H groups in total. The maximum Gasteiger partial charge on any atom is 0.228 e. The van der Waals surface area contributed by atoms with Crippen LogP contribution in [0.15, 0.2) is 48.5 Å². The first-order valence-electron chi connectivity index (χ1n) is 8.57. The Bertz CT molecular complexity index is 790. The quantitative estimate of drug-likeness (QED) is 0.782. The van der Waals surface area contributed by atoms with Gasteiger partial charge in [-0.3, -0.25) is 9.59 Å². The van der Waals surface area contributed by atoms with E-state index >= 15 is 0 Å². The van der Waals surface area contributed by atoms with Gasteiger partial charge in [-0.2, -0.15) is 0 Å². The van der Waals surface area contributed by atoms with Crippen molar-refractivity contribution >= 4 is 40.7 Å². The van der Waals surface area contributed by atoms with Crippen LogP contribution in [0.4, 0.5) is 5.69 Å². The predicted molar refractivity (Wildman–Crippen MR) is 104 cm³/mol. The number of amides is 2. The first-order valence-corrected chi connectivity index (χ1v) is 9.33. The standard InChI is InChI=1S/C20H20Cl2N2O2/c1-2-24(12-13-6-4-3-5-7-13)20(26)18-11-17(18)19(25)23-16-9-14(21)8-15(22)10-16/h3-10,17-18H,2,11-12H2,1H3,(H,23,25). The molecule has 2 amide bonds. The molecule has 1 fully saturated rings. The summed E-state index contributed by atoms with van der Waals surface area (Å²) in [6.45, 7) is 3.12. The average molecular weight is 391 g/mol. The molecule has 0 spiro atoms. The topological polar surface area (TPSA) is 49.4 Å². The van der Waals surface area contributed by atoms with E-state index < -0.39 is 0 Å². The Balaban J connectivity index is 1.59. The van der Waals surface area contributed by atoms with Crippen molar-refractivity contribution in [2.45, 2.75) is 19.9 Å². The maximum absolute atomic E-state index is 12.7. The molecular weight excluding hydrogens is 371 g/mol. The van der Waals surface area contributed by atoms with Gasteiger partial charge in [0.2, 0.25) is 11.8 Å². The van der Waals surface area contributed by atoms with Crippen LogP contribution < -0.4 is 5.32 Å². The van der Waals surface area contributed by atoms with Gasteiger partial charge in [0.05, 0.1) is 11.8 Å². The third kappa shape index (κ3) is 4.57. The highest BCUT2D eigenvalue weighted by molar-refractivity contribution is 6.35. The second kappa shape index (κ2) is 8.11. The second-order valence-corrected chi connectivity index (χ2v) is 7.31. The van der Waals surface area contributed by atoms with E-state index in [9.17, 15) is 9.59 Å². The molecule has 2 unspecified atom stereocenters. The van der Waals surface area contributed by atoms with E-state index in [0.29, 0.717) is 35.2 Å². The Morgan fingerprint density at radius 2 is 1.73 bits per heavy atom. The third-order valence-electron chi connectivity index (χ3n) is 4.48. The van der Waals surface area contributed by atoms with Gasteiger partial charge in [-0.25, -0.2) is 0 Å². The predicted octanol–water partition coefficient (Wildman–Crippen LogP) is 4.62. The van der Waals surface area contributed by atoms with E-state index in [1.165, 1.54) is 0 Å². The summed E-state index contributed by atoms with van der Waals surface area (Å²) in [4.78, 5) is 26.9. The van der Waals surface area contributed by atoms with Gasteiger partial charge < -0.3 is 10.2 Å². The van der Waals surface area contributed by atoms with Crippen LogP contribution in [0.5, 0.6) is 0 Å². The lowest BCUT2D eigenvalue weighted by Crippen LogP contribution is -2.33. The zero-order valence-corrected chi connectivity index (χ0v) is 15.9. The Labute approximate surface area is 163 Å². The SMILES string of the molecule is CCN(Cc1ccccc1)C(=O)C1CC1C(=O)Nc1cc(Cl)cc(Cl)c1. The second-order valence-electron chi connectivity index (χ2n) is 6.43. The highest BCUT2D eigenvalue weighted by Gasteiger charge is 2.49. The number of carbonyl (C=O) groups excluding carboxylic acids is 2. The number of rotatable bonds is 6. The minimum atomic E-state index is -0.301. The summed E-state index contributed by atoms with van der Waals surface area (Å²) < 4.78 is 0. The van der Waals surface area contributed by atoms with Gasteiger partial charge in [0.1, 0.15) is 0 Å². The van der Waals surface area contributed by atoms with E-state index in [1.807, 2.05) is 37.3 Å². The van der Waals surface area contributed by atoms with E-state index in [-0.39, 0.29) is 23.7 Å². The molecule has 26 heavy (non-hydrogen) atoms. The van der Waals surface area contributed by atoms with Crippen LogP contribution in [-0.4, -0.2) is 23.3 Å². The molecule has 3 rings (SSSR count). The fourth-order valence-corrected chi connectivity index (χ4v) is 3.53. The molecule has 1 aliphatic carbocycles. The molecule has 0 radical (unpaired) electrons. The minimum absolute atomic E-state index is 0.0284. The summed E-state index contributed by atoms with van der Waals surface area (Å²) >= 11 is 11.9. The number of hydrogen-bond acceptors (Lipinski definition) is 2. The summed E-state index contributed by atoms with van der Waals surface area (Å²) in [5, 5.41) is 3.71. The number of anilines is 1. The van der Waals surface area contributed by atoms with Crippen molar-refractivity contribution in [2.24, 2.45) is 11.8 Å². The lowest BCUT2D eigenvalue weighted by molar-refractivity contribution is -0.134. The Morgan fingerprint density at radius 3 is 2.35 bits per heavy atom. The smallest absolute Gasteiger partial charge is 0.228 e. The first-order chi connectivity index (χ1) is 12.5. The number of hydrogen-bond donors (Lipinski definition) is 1. The largest absolute Gasteiger partial charge is 0.338 e. The van der Waals surface area contributed by atoms with E-state index in [0.717, 1.165) is 5.56 Å². The van der Waals surface area contributed by atoms with Crippen LogP contribution in [0.25, 0.3) is 0 Å². The molecule has 2 atom stereocenters. The Hall–Kier alpha value is -2.04. The van der Waals surface area contributed by atoms with Gasteiger partial charge in [0.15, 0.2) is 0 Å². The van der Waals surface area contributed by atoms with Crippen molar-refractivity contribution in [3.63, 3.8) is 0 Å². The molecule has 0 bridgehead atoms. The number of halogens is 2. The monoisotopic (exact) mass is 390 g/mol. The Kier molecular flexibility index (Phi) is 5.84. The molecule has 0 heterocycles. The summed E-state index contributed by atoms with van der Waals surface area (Å²) in [5.41, 5.74) is 1.63. The molecule has 1 aliphatic rings. The van der Waals surface area contributed by atoms with Gasteiger partial charge in [-0.1, -0.05) is 53.5 Å². The molecule has 0 aromatic heterocycles. The van der Waals surface area contributed by atoms with Crippen molar-refractivity contribution in [1.29, 1.82) is 0 Å². The normalized spacial score (nSPS) is 18.3. The van der Waals surface area contributed by atoms with Gasteiger partial charge in [0.25, 0.3) is 0 Å². The van der Waals surface area contributed by atoms with Crippen molar-refractivity contribution in [2.75, 3.05) is 11.9 Å². The number of nitrogens with zero attached hydrogens (tertiary/aromatic N) is 1. The first kappa shape index (κ1) is 18.7. The van der Waals surface area contributed by atoms with E-state index in [1.54, 1.807) is 23.1 Å². The van der Waals surface area contributed by atoms with Crippen LogP contribution in [0.3, 0.4) is 0 Å². The lowest BCUT2D eigenvalue weighted by atomic mass is 10.2. The number of benzene rings is 2. The van der Waals surface area contributed by atoms with Gasteiger partial charge in [-0.05, 0) is 37.1 Å². The van der Waals surface area contributed by atoms with E-state index in [4.69, 9.17) is 23.2 Å². The van der Waals surface area contributed by atoms with Crippen LogP contribution >= 0.6 is 23.2 Å². The van der Waals surface area contributed by atoms with Gasteiger partial charge in [-0.15, -0.1) is 0 Å². The summed E-state index contributed by atoms with van der Waals surface area (Å²) in [5.74, 6) is -0.698. The van der Waals surface area contributed by atoms with E-state index in [2.05, 4.69) is 5.32 Å². The van der Waals surface area contributed by atoms with Gasteiger partial charge in [0, 0.05) is 28.8 Å². The molecule has 136 valence electrons. The molecule has 0 aliphatic heterocycles. The van der Waals surface area contributed by atoms with Crippen molar-refractivity contribution in [3.05, 3.63) is 64.1 Å². The lowest BCUT2D eigenvalue weighted by Gasteiger charge is -2.21. The third-order valence-corrected chi connectivity index (χ3v) is 4.92. The summed E-state index contributed by atoms with van der Waals surface area (Å²) in [7, 11) is 0. The highest BCUT2D eigenvalue weighted by Crippen LogP contribution is 2.41. The number of nitrogens with one attached hydrogen (secondary N) is 1. The average Bonchev–Trinajstić information content (AvgIpc) is 3.40. The molecule has 2 aromatic rings. The van der Waals surface area contributed by atoms with Crippen LogP contribution in [0.2, 0.25) is 10.0 Å². The molecular formula is C20H20Cl2N2O2. The molecule has 6 heteroatoms. The maximum atomic E-state index is 12.7. The van der Waals surface area contributed by atoms with Crippen molar-refractivity contribution < 1.29 is 9.59 Å². The minimum Gasteiger partial charge on any atom is -0.338 e. The van der Waals surface area contributed by atoms with Crippen LogP contribution in [-0.2, 0) is 16.1 Å². The summed E-state index contributed by atoms with van der Waals surface area (Å²) in [6, 6.07) is 14.7. The van der Waals surface area contributed by atoms with Gasteiger partial charge >= 0.3 is 0 Å². The van der Waals surface area contributed by atoms with Crippen molar-refractivity contribution in [3.8, 4) is 0 Å². The zero-order chi connectivity index (χ0) is 18.7. The number of carbonyl (C=O) groups is 2. The van der Waals surface area contributed by atoms with Crippen molar-refractivity contribution in [1.82, 2.24) is 4.90 Å².